The van der Waals surface area contributed by atoms with Crippen LogP contribution in [0, 0.1) is 0 Å². The average molecular weight is 467 g/mol. The van der Waals surface area contributed by atoms with Gasteiger partial charge in [-0.15, -0.1) is 0 Å². The van der Waals surface area contributed by atoms with E-state index in [1.54, 1.807) is 32.9 Å². The van der Waals surface area contributed by atoms with Crippen LogP contribution in [0.1, 0.15) is 62.5 Å². The van der Waals surface area contributed by atoms with E-state index in [1.807, 2.05) is 6.92 Å². The minimum atomic E-state index is -1.04. The Morgan fingerprint density at radius 1 is 1.24 bits per heavy atom. The topological polar surface area (TPSA) is 124 Å². The third-order valence-corrected chi connectivity index (χ3v) is 5.02. The molecule has 1 saturated heterocycles. The second-order valence-corrected chi connectivity index (χ2v) is 8.61. The van der Waals surface area contributed by atoms with E-state index >= 15 is 0 Å². The Bertz CT molecular complexity index is 836. The van der Waals surface area contributed by atoms with E-state index in [1.165, 1.54) is 18.1 Å². The van der Waals surface area contributed by atoms with Gasteiger partial charge in [-0.1, -0.05) is 6.07 Å². The lowest BCUT2D eigenvalue weighted by Crippen LogP contribution is -2.42. The monoisotopic (exact) mass is 466 g/mol. The summed E-state index contributed by atoms with van der Waals surface area (Å²) >= 11 is 0. The standard InChI is InChI=1S/C23H34N2O8/c1-6-31-16-9-11-25(22(28)29)18(14-16)17-8-7-15(20(26)30-5)13-19(17)32-12-10-24-21(27)33-23(2,3)4/h7-8,13,16,18H,6,9-12,14H2,1-5H3,(H,24,27)(H,28,29). The quantitative estimate of drug-likeness (QED) is 0.440. The maximum absolute atomic E-state index is 12.0. The van der Waals surface area contributed by atoms with Gasteiger partial charge in [-0.3, -0.25) is 0 Å². The maximum atomic E-state index is 12.0. The zero-order chi connectivity index (χ0) is 24.6. The van der Waals surface area contributed by atoms with Gasteiger partial charge in [0.25, 0.3) is 0 Å². The predicted octanol–water partition coefficient (Wildman–Crippen LogP) is 3.60. The zero-order valence-electron chi connectivity index (χ0n) is 19.9. The van der Waals surface area contributed by atoms with Gasteiger partial charge in [0.1, 0.15) is 18.0 Å². The summed E-state index contributed by atoms with van der Waals surface area (Å²) in [6, 6.07) is 4.28. The molecule has 10 heteroatoms. The van der Waals surface area contributed by atoms with Crippen LogP contribution in [0.5, 0.6) is 5.75 Å². The van der Waals surface area contributed by atoms with Gasteiger partial charge < -0.3 is 34.3 Å². The Morgan fingerprint density at radius 2 is 1.97 bits per heavy atom. The second-order valence-electron chi connectivity index (χ2n) is 8.61. The van der Waals surface area contributed by atoms with Gasteiger partial charge in [-0.25, -0.2) is 14.4 Å². The molecule has 2 N–H and O–H groups in total. The Hall–Kier alpha value is -3.01. The lowest BCUT2D eigenvalue weighted by atomic mass is 9.92. The van der Waals surface area contributed by atoms with Crippen molar-refractivity contribution in [2.45, 2.75) is 58.3 Å². The smallest absolute Gasteiger partial charge is 0.407 e. The molecule has 1 fully saturated rings. The number of likely N-dealkylation sites (tertiary alicyclic amines) is 1. The lowest BCUT2D eigenvalue weighted by Gasteiger charge is -2.38. The highest BCUT2D eigenvalue weighted by Crippen LogP contribution is 2.38. The molecule has 0 saturated carbocycles. The number of nitrogens with zero attached hydrogens (tertiary/aromatic N) is 1. The maximum Gasteiger partial charge on any atom is 0.407 e. The number of esters is 1. The first-order valence-corrected chi connectivity index (χ1v) is 11.0. The molecule has 2 atom stereocenters. The number of hydrogen-bond acceptors (Lipinski definition) is 7. The highest BCUT2D eigenvalue weighted by Gasteiger charge is 2.35. The Labute approximate surface area is 194 Å². The van der Waals surface area contributed by atoms with Crippen LogP contribution < -0.4 is 10.1 Å². The summed E-state index contributed by atoms with van der Waals surface area (Å²) in [6.45, 7) is 8.30. The molecule has 2 amide bonds. The van der Waals surface area contributed by atoms with Crippen molar-refractivity contribution in [2.24, 2.45) is 0 Å². The van der Waals surface area contributed by atoms with E-state index in [0.29, 0.717) is 37.3 Å². The summed E-state index contributed by atoms with van der Waals surface area (Å²) in [6.07, 6.45) is -0.627. The summed E-state index contributed by atoms with van der Waals surface area (Å²) in [5, 5.41) is 12.3. The first kappa shape index (κ1) is 26.2. The van der Waals surface area contributed by atoms with Crippen molar-refractivity contribution >= 4 is 18.2 Å². The van der Waals surface area contributed by atoms with Gasteiger partial charge in [-0.2, -0.15) is 0 Å². The van der Waals surface area contributed by atoms with Crippen LogP contribution in [0.15, 0.2) is 18.2 Å². The number of ether oxygens (including phenoxy) is 4. The minimum absolute atomic E-state index is 0.0856. The number of carboxylic acid groups (broad SMARTS) is 1. The Kier molecular flexibility index (Phi) is 9.33. The van der Waals surface area contributed by atoms with Crippen LogP contribution in [0.25, 0.3) is 0 Å². The van der Waals surface area contributed by atoms with Crippen LogP contribution in [0.4, 0.5) is 9.59 Å². The van der Waals surface area contributed by atoms with E-state index in [9.17, 15) is 19.5 Å². The predicted molar refractivity (Wildman–Crippen MR) is 120 cm³/mol. The molecule has 33 heavy (non-hydrogen) atoms. The van der Waals surface area contributed by atoms with Gasteiger partial charge >= 0.3 is 18.2 Å². The normalized spacial score (nSPS) is 18.4. The molecule has 1 heterocycles. The molecule has 184 valence electrons. The molecule has 0 bridgehead atoms. The Morgan fingerprint density at radius 3 is 2.58 bits per heavy atom. The first-order valence-electron chi connectivity index (χ1n) is 11.0. The fourth-order valence-corrected chi connectivity index (χ4v) is 3.65. The summed E-state index contributed by atoms with van der Waals surface area (Å²) in [7, 11) is 1.28. The molecule has 1 aromatic carbocycles. The molecule has 2 unspecified atom stereocenters. The number of alkyl carbamates (subject to hydrolysis) is 1. The third kappa shape index (κ3) is 7.81. The van der Waals surface area contributed by atoms with E-state index in [0.717, 1.165) is 0 Å². The van der Waals surface area contributed by atoms with Crippen molar-refractivity contribution in [3.63, 3.8) is 0 Å². The molecule has 10 nitrogen and oxygen atoms in total. The van der Waals surface area contributed by atoms with Crippen molar-refractivity contribution < 1.29 is 38.4 Å². The number of methoxy groups -OCH3 is 1. The molecule has 0 aromatic heterocycles. The fraction of sp³-hybridized carbons (Fsp3) is 0.609. The molecule has 0 spiro atoms. The largest absolute Gasteiger partial charge is 0.491 e. The van der Waals surface area contributed by atoms with Gasteiger partial charge in [0.2, 0.25) is 0 Å². The van der Waals surface area contributed by atoms with E-state index < -0.39 is 29.8 Å². The average Bonchev–Trinajstić information content (AvgIpc) is 2.75. The highest BCUT2D eigenvalue weighted by molar-refractivity contribution is 5.90. The number of rotatable bonds is 8. The van der Waals surface area contributed by atoms with Crippen LogP contribution in [0.3, 0.4) is 0 Å². The van der Waals surface area contributed by atoms with Crippen molar-refractivity contribution in [1.82, 2.24) is 10.2 Å². The number of carbonyl (C=O) groups is 3. The van der Waals surface area contributed by atoms with Gasteiger partial charge in [0, 0.05) is 18.7 Å². The molecule has 0 aliphatic carbocycles. The second kappa shape index (κ2) is 11.7. The molecule has 1 aliphatic heterocycles. The molecule has 1 aromatic rings. The first-order chi connectivity index (χ1) is 15.6. The number of amides is 2. The minimum Gasteiger partial charge on any atom is -0.491 e. The zero-order valence-corrected chi connectivity index (χ0v) is 19.9. The highest BCUT2D eigenvalue weighted by atomic mass is 16.6. The SMILES string of the molecule is CCOC1CCN(C(=O)O)C(c2ccc(C(=O)OC)cc2OCCNC(=O)OC(C)(C)C)C1. The van der Waals surface area contributed by atoms with Crippen molar-refractivity contribution in [2.75, 3.05) is 33.4 Å². The number of carbonyl (C=O) groups excluding carboxylic acids is 2. The molecular formula is C23H34N2O8. The van der Waals surface area contributed by atoms with Crippen molar-refractivity contribution in [3.05, 3.63) is 29.3 Å². The fourth-order valence-electron chi connectivity index (χ4n) is 3.65. The van der Waals surface area contributed by atoms with Gasteiger partial charge in [-0.05, 0) is 52.7 Å². The lowest BCUT2D eigenvalue weighted by molar-refractivity contribution is -0.00646. The van der Waals surface area contributed by atoms with Crippen LogP contribution in [0.2, 0.25) is 0 Å². The van der Waals surface area contributed by atoms with E-state index in [2.05, 4.69) is 5.32 Å². The molecule has 1 aliphatic rings. The van der Waals surface area contributed by atoms with Gasteiger partial charge in [0.15, 0.2) is 0 Å². The van der Waals surface area contributed by atoms with Crippen molar-refractivity contribution in [3.8, 4) is 5.75 Å². The van der Waals surface area contributed by atoms with Crippen LogP contribution in [-0.4, -0.2) is 73.3 Å². The molecule has 0 radical (unpaired) electrons. The molecule has 2 rings (SSSR count). The van der Waals surface area contributed by atoms with Gasteiger partial charge in [0.05, 0.1) is 31.4 Å². The van der Waals surface area contributed by atoms with Crippen LogP contribution in [-0.2, 0) is 14.2 Å². The van der Waals surface area contributed by atoms with Crippen molar-refractivity contribution in [1.29, 1.82) is 0 Å². The Balaban J connectivity index is 2.23. The van der Waals surface area contributed by atoms with Crippen LogP contribution >= 0.6 is 0 Å². The van der Waals surface area contributed by atoms with E-state index in [4.69, 9.17) is 18.9 Å². The third-order valence-electron chi connectivity index (χ3n) is 5.02. The summed E-state index contributed by atoms with van der Waals surface area (Å²) in [4.78, 5) is 37.1. The summed E-state index contributed by atoms with van der Waals surface area (Å²) in [5.74, 6) is -0.193. The summed E-state index contributed by atoms with van der Waals surface area (Å²) in [5.41, 5.74) is 0.271. The number of benzene rings is 1. The van der Waals surface area contributed by atoms with E-state index in [-0.39, 0.29) is 24.8 Å². The number of hydrogen-bond donors (Lipinski definition) is 2. The molecular weight excluding hydrogens is 432 g/mol. The summed E-state index contributed by atoms with van der Waals surface area (Å²) < 4.78 is 21.6. The number of piperidine rings is 1. The number of nitrogens with one attached hydrogen (secondary N) is 1.